The molecule has 0 saturated heterocycles. The van der Waals surface area contributed by atoms with Crippen LogP contribution in [0.3, 0.4) is 0 Å². The largest absolute Gasteiger partial charge is 0.456 e. The minimum absolute atomic E-state index is 0.630. The first-order valence-electron chi connectivity index (χ1n) is 14.7. The van der Waals surface area contributed by atoms with Gasteiger partial charge in [-0.2, -0.15) is 0 Å². The van der Waals surface area contributed by atoms with Crippen LogP contribution in [0.4, 0.5) is 0 Å². The highest BCUT2D eigenvalue weighted by Crippen LogP contribution is 2.43. The molecule has 6 aromatic carbocycles. The lowest BCUT2D eigenvalue weighted by atomic mass is 9.94. The Hall–Kier alpha value is -6.00. The van der Waals surface area contributed by atoms with Crippen LogP contribution < -0.4 is 0 Å². The molecule has 44 heavy (non-hydrogen) atoms. The maximum atomic E-state index is 6.46. The minimum atomic E-state index is 0.630. The van der Waals surface area contributed by atoms with E-state index in [4.69, 9.17) is 18.8 Å². The van der Waals surface area contributed by atoms with Gasteiger partial charge in [0.1, 0.15) is 22.3 Å². The molecule has 0 bridgehead atoms. The van der Waals surface area contributed by atoms with Crippen molar-refractivity contribution < 1.29 is 8.83 Å². The normalized spacial score (nSPS) is 11.6. The number of fused-ring (bicyclic) bond motifs is 6. The van der Waals surface area contributed by atoms with Gasteiger partial charge in [-0.05, 0) is 47.5 Å². The summed E-state index contributed by atoms with van der Waals surface area (Å²) in [6.07, 6.45) is 0. The van der Waals surface area contributed by atoms with Crippen LogP contribution in [0.1, 0.15) is 0 Å². The average molecular weight is 565 g/mol. The van der Waals surface area contributed by atoms with Gasteiger partial charge in [0.05, 0.1) is 11.4 Å². The molecule has 9 rings (SSSR count). The predicted octanol–water partition coefficient (Wildman–Crippen LogP) is 10.9. The van der Waals surface area contributed by atoms with Crippen LogP contribution in [0.25, 0.3) is 88.9 Å². The molecule has 0 atom stereocenters. The summed E-state index contributed by atoms with van der Waals surface area (Å²) in [6, 6.07) is 49.5. The van der Waals surface area contributed by atoms with Gasteiger partial charge in [0, 0.05) is 38.2 Å². The number of furan rings is 2. The van der Waals surface area contributed by atoms with E-state index in [-0.39, 0.29) is 0 Å². The van der Waals surface area contributed by atoms with Crippen molar-refractivity contribution in [2.75, 3.05) is 0 Å². The van der Waals surface area contributed by atoms with E-state index in [9.17, 15) is 0 Å². The Bertz CT molecular complexity index is 2490. The van der Waals surface area contributed by atoms with E-state index in [0.717, 1.165) is 83.1 Å². The summed E-state index contributed by atoms with van der Waals surface area (Å²) < 4.78 is 12.8. The van der Waals surface area contributed by atoms with Crippen LogP contribution in [0.15, 0.2) is 154 Å². The summed E-state index contributed by atoms with van der Waals surface area (Å²) in [5.74, 6) is 0.630. The van der Waals surface area contributed by atoms with Crippen molar-refractivity contribution in [2.45, 2.75) is 0 Å². The number of hydrogen-bond acceptors (Lipinski definition) is 4. The second kappa shape index (κ2) is 9.79. The van der Waals surface area contributed by atoms with Crippen molar-refractivity contribution in [3.63, 3.8) is 0 Å². The van der Waals surface area contributed by atoms with E-state index < -0.39 is 0 Å². The molecular formula is C40H24N2O2. The molecule has 0 aliphatic carbocycles. The Kier molecular flexibility index (Phi) is 5.47. The zero-order chi connectivity index (χ0) is 29.0. The zero-order valence-electron chi connectivity index (χ0n) is 23.6. The molecule has 206 valence electrons. The van der Waals surface area contributed by atoms with Gasteiger partial charge in [-0.25, -0.2) is 9.97 Å². The van der Waals surface area contributed by atoms with Gasteiger partial charge in [-0.3, -0.25) is 0 Å². The van der Waals surface area contributed by atoms with Crippen LogP contribution in [-0.4, -0.2) is 9.97 Å². The quantitative estimate of drug-likeness (QED) is 0.213. The van der Waals surface area contributed by atoms with E-state index >= 15 is 0 Å². The SMILES string of the molecule is c1ccc(-c2cc(-c3cccc4c3oc3ccccc34)nc(-c3c(-c4ccccc4)ccc4oc5ccccc5c34)n2)cc1. The summed E-state index contributed by atoms with van der Waals surface area (Å²) in [7, 11) is 0. The first-order chi connectivity index (χ1) is 21.8. The molecule has 0 unspecified atom stereocenters. The number of aromatic nitrogens is 2. The Morgan fingerprint density at radius 2 is 1.05 bits per heavy atom. The van der Waals surface area contributed by atoms with Crippen LogP contribution >= 0.6 is 0 Å². The number of nitrogens with zero attached hydrogens (tertiary/aromatic N) is 2. The van der Waals surface area contributed by atoms with Gasteiger partial charge in [-0.1, -0.05) is 109 Å². The maximum Gasteiger partial charge on any atom is 0.161 e. The molecule has 0 aliphatic heterocycles. The summed E-state index contributed by atoms with van der Waals surface area (Å²) >= 11 is 0. The van der Waals surface area contributed by atoms with Crippen molar-refractivity contribution in [1.82, 2.24) is 9.97 Å². The molecule has 0 N–H and O–H groups in total. The van der Waals surface area contributed by atoms with Crippen LogP contribution in [0, 0.1) is 0 Å². The predicted molar refractivity (Wildman–Crippen MR) is 178 cm³/mol. The van der Waals surface area contributed by atoms with Gasteiger partial charge >= 0.3 is 0 Å². The fourth-order valence-corrected chi connectivity index (χ4v) is 6.31. The number of para-hydroxylation sites is 3. The lowest BCUT2D eigenvalue weighted by Crippen LogP contribution is -1.98. The third-order valence-corrected chi connectivity index (χ3v) is 8.33. The van der Waals surface area contributed by atoms with Crippen LogP contribution in [-0.2, 0) is 0 Å². The van der Waals surface area contributed by atoms with Crippen molar-refractivity contribution in [3.8, 4) is 45.0 Å². The molecule has 3 aromatic heterocycles. The van der Waals surface area contributed by atoms with Crippen molar-refractivity contribution in [2.24, 2.45) is 0 Å². The summed E-state index contributed by atoms with van der Waals surface area (Å²) in [5.41, 5.74) is 9.94. The van der Waals surface area contributed by atoms with Gasteiger partial charge in [0.25, 0.3) is 0 Å². The second-order valence-corrected chi connectivity index (χ2v) is 10.9. The van der Waals surface area contributed by atoms with E-state index in [1.807, 2.05) is 60.7 Å². The molecule has 3 heterocycles. The Morgan fingerprint density at radius 3 is 1.84 bits per heavy atom. The van der Waals surface area contributed by atoms with Gasteiger partial charge in [0.15, 0.2) is 5.82 Å². The van der Waals surface area contributed by atoms with E-state index in [2.05, 4.69) is 84.9 Å². The number of hydrogen-bond donors (Lipinski definition) is 0. The first kappa shape index (κ1) is 24.6. The minimum Gasteiger partial charge on any atom is -0.456 e. The molecule has 4 nitrogen and oxygen atoms in total. The smallest absolute Gasteiger partial charge is 0.161 e. The topological polar surface area (TPSA) is 52.1 Å². The third-order valence-electron chi connectivity index (χ3n) is 8.33. The van der Waals surface area contributed by atoms with E-state index in [1.165, 1.54) is 0 Å². The molecule has 0 amide bonds. The highest BCUT2D eigenvalue weighted by molar-refractivity contribution is 6.15. The van der Waals surface area contributed by atoms with E-state index in [0.29, 0.717) is 5.82 Å². The Balaban J connectivity index is 1.40. The summed E-state index contributed by atoms with van der Waals surface area (Å²) in [5, 5.41) is 4.18. The van der Waals surface area contributed by atoms with Crippen molar-refractivity contribution in [3.05, 3.63) is 146 Å². The molecule has 0 aliphatic rings. The molecule has 0 saturated carbocycles. The fourth-order valence-electron chi connectivity index (χ4n) is 6.31. The van der Waals surface area contributed by atoms with Crippen molar-refractivity contribution in [1.29, 1.82) is 0 Å². The molecule has 4 heteroatoms. The van der Waals surface area contributed by atoms with Crippen molar-refractivity contribution >= 4 is 43.9 Å². The third kappa shape index (κ3) is 3.85. The van der Waals surface area contributed by atoms with Gasteiger partial charge in [0.2, 0.25) is 0 Å². The van der Waals surface area contributed by atoms with Crippen LogP contribution in [0.2, 0.25) is 0 Å². The highest BCUT2D eigenvalue weighted by atomic mass is 16.3. The summed E-state index contributed by atoms with van der Waals surface area (Å²) in [6.45, 7) is 0. The van der Waals surface area contributed by atoms with E-state index in [1.54, 1.807) is 0 Å². The molecule has 0 radical (unpaired) electrons. The lowest BCUT2D eigenvalue weighted by Gasteiger charge is -2.14. The lowest BCUT2D eigenvalue weighted by molar-refractivity contribution is 0.669. The number of rotatable bonds is 4. The molecular weight excluding hydrogens is 540 g/mol. The second-order valence-electron chi connectivity index (χ2n) is 10.9. The standard InChI is InChI=1S/C40H24N2O2/c1-3-12-25(13-4-1)27-22-23-36-37(31-17-8-10-21-35(31)43-36)38(27)40-41-32(26-14-5-2-6-15-26)24-33(42-40)30-19-11-18-29-28-16-7-9-20-34(28)44-39(29)30/h1-24H. The highest BCUT2D eigenvalue weighted by Gasteiger charge is 2.22. The first-order valence-corrected chi connectivity index (χ1v) is 14.7. The molecule has 0 spiro atoms. The Morgan fingerprint density at radius 1 is 0.409 bits per heavy atom. The average Bonchev–Trinajstić information content (AvgIpc) is 3.67. The van der Waals surface area contributed by atoms with Gasteiger partial charge in [-0.15, -0.1) is 0 Å². The van der Waals surface area contributed by atoms with Crippen LogP contribution in [0.5, 0.6) is 0 Å². The molecule has 0 fully saturated rings. The zero-order valence-corrected chi connectivity index (χ0v) is 23.6. The summed E-state index contributed by atoms with van der Waals surface area (Å²) in [4.78, 5) is 10.6. The Labute approximate surface area is 252 Å². The monoisotopic (exact) mass is 564 g/mol. The fraction of sp³-hybridized carbons (Fsp3) is 0. The van der Waals surface area contributed by atoms with Gasteiger partial charge < -0.3 is 8.83 Å². The molecule has 9 aromatic rings. The number of benzene rings is 6. The maximum absolute atomic E-state index is 6.46.